The summed E-state index contributed by atoms with van der Waals surface area (Å²) in [6.07, 6.45) is 12.3. The number of rotatable bonds is 10. The largest absolute Gasteiger partial charge is 0.481 e. The van der Waals surface area contributed by atoms with Crippen LogP contribution in [0.5, 0.6) is 0 Å². The van der Waals surface area contributed by atoms with Crippen LogP contribution in [-0.4, -0.2) is 58.5 Å². The van der Waals surface area contributed by atoms with Gasteiger partial charge in [0.05, 0.1) is 26.8 Å². The van der Waals surface area contributed by atoms with Gasteiger partial charge in [-0.05, 0) is 136 Å². The Morgan fingerprint density at radius 1 is 0.646 bits per heavy atom. The zero-order valence-corrected chi connectivity index (χ0v) is 49.4. The van der Waals surface area contributed by atoms with Crippen LogP contribution in [0.2, 0.25) is 0 Å². The molecular formula is C59H78ClF6N3O10S3. The summed E-state index contributed by atoms with van der Waals surface area (Å²) >= 11 is -1.84. The Labute approximate surface area is 491 Å². The molecule has 23 heteroatoms. The van der Waals surface area contributed by atoms with E-state index < -0.39 is 61.6 Å². The predicted octanol–water partition coefficient (Wildman–Crippen LogP) is 14.5. The molecule has 0 bridgehead atoms. The highest BCUT2D eigenvalue weighted by molar-refractivity contribution is 8.20. The molecule has 2 atom stereocenters. The normalized spacial score (nSPS) is 16.9. The lowest BCUT2D eigenvalue weighted by atomic mass is 9.88. The van der Waals surface area contributed by atoms with Crippen molar-refractivity contribution in [3.63, 3.8) is 0 Å². The minimum atomic E-state index is -4.62. The van der Waals surface area contributed by atoms with Crippen molar-refractivity contribution in [1.82, 2.24) is 5.32 Å². The highest BCUT2D eigenvalue weighted by atomic mass is 35.7. The first-order valence-electron chi connectivity index (χ1n) is 27.8. The van der Waals surface area contributed by atoms with Crippen molar-refractivity contribution in [1.29, 1.82) is 0 Å². The molecule has 0 aliphatic heterocycles. The lowest BCUT2D eigenvalue weighted by Crippen LogP contribution is -2.38. The van der Waals surface area contributed by atoms with Crippen LogP contribution in [0.15, 0.2) is 107 Å². The van der Waals surface area contributed by atoms with E-state index in [0.717, 1.165) is 123 Å². The van der Waals surface area contributed by atoms with E-state index >= 15 is 0 Å². The van der Waals surface area contributed by atoms with Gasteiger partial charge >= 0.3 is 18.3 Å². The molecule has 0 spiro atoms. The van der Waals surface area contributed by atoms with E-state index in [-0.39, 0.29) is 57.7 Å². The van der Waals surface area contributed by atoms with Gasteiger partial charge < -0.3 is 26.4 Å². The zero-order chi connectivity index (χ0) is 62.2. The summed E-state index contributed by atoms with van der Waals surface area (Å²) in [6, 6.07) is 21.3. The Hall–Kier alpha value is -5.29. The number of sulfone groups is 1. The average molecular weight is 1240 g/mol. The van der Waals surface area contributed by atoms with Crippen molar-refractivity contribution in [2.75, 3.05) is 6.23 Å². The van der Waals surface area contributed by atoms with Gasteiger partial charge in [0.15, 0.2) is 16.5 Å². The summed E-state index contributed by atoms with van der Waals surface area (Å²) in [4.78, 5) is 54.8. The molecule has 4 aromatic rings. The van der Waals surface area contributed by atoms with Crippen LogP contribution in [-0.2, 0) is 52.4 Å². The lowest BCUT2D eigenvalue weighted by molar-refractivity contribution is -0.143. The van der Waals surface area contributed by atoms with E-state index in [1.54, 1.807) is 31.2 Å². The van der Waals surface area contributed by atoms with Gasteiger partial charge in [-0.1, -0.05) is 148 Å². The molecule has 4 fully saturated rings. The Balaban J connectivity index is 0.000000368. The van der Waals surface area contributed by atoms with Gasteiger partial charge in [-0.2, -0.15) is 26.3 Å². The molecule has 13 nitrogen and oxygen atoms in total. The number of carbonyl (C=O) groups excluding carboxylic acids is 4. The molecule has 0 radical (unpaired) electrons. The number of aldehydes is 1. The summed E-state index contributed by atoms with van der Waals surface area (Å²) in [5.41, 5.74) is 10.3. The number of carbonyl (C=O) groups is 5. The number of carboxylic acids is 1. The summed E-state index contributed by atoms with van der Waals surface area (Å²) in [5.74, 6) is -1.22. The van der Waals surface area contributed by atoms with Crippen molar-refractivity contribution in [2.45, 2.75) is 170 Å². The third-order valence-corrected chi connectivity index (χ3v) is 16.6. The van der Waals surface area contributed by atoms with Crippen LogP contribution < -0.4 is 16.8 Å². The number of carboxylic acid groups (broad SMARTS) is 1. The van der Waals surface area contributed by atoms with Gasteiger partial charge in [-0.15, -0.1) is 0 Å². The minimum Gasteiger partial charge on any atom is -0.481 e. The van der Waals surface area contributed by atoms with E-state index in [0.29, 0.717) is 24.0 Å². The highest BCUT2D eigenvalue weighted by Gasteiger charge is 2.36. The van der Waals surface area contributed by atoms with Gasteiger partial charge in [-0.3, -0.25) is 24.0 Å². The molecule has 4 saturated carbocycles. The number of nitrogens with two attached hydrogens (primary N) is 2. The van der Waals surface area contributed by atoms with Crippen molar-refractivity contribution in [3.8, 4) is 0 Å². The van der Waals surface area contributed by atoms with Crippen LogP contribution >= 0.6 is 21.7 Å². The second kappa shape index (κ2) is 37.8. The Morgan fingerprint density at radius 3 is 1.37 bits per heavy atom. The predicted molar refractivity (Wildman–Crippen MR) is 309 cm³/mol. The third-order valence-electron chi connectivity index (χ3n) is 14.0. The third kappa shape index (κ3) is 27.9. The van der Waals surface area contributed by atoms with E-state index in [2.05, 4.69) is 5.32 Å². The van der Waals surface area contributed by atoms with E-state index in [9.17, 15) is 62.9 Å². The second-order valence-corrected chi connectivity index (χ2v) is 24.1. The van der Waals surface area contributed by atoms with Crippen LogP contribution in [0.3, 0.4) is 0 Å². The lowest BCUT2D eigenvalue weighted by Gasteiger charge is -2.26. The summed E-state index contributed by atoms with van der Waals surface area (Å²) < 4.78 is 128. The number of alkyl halides is 6. The summed E-state index contributed by atoms with van der Waals surface area (Å²) in [7, 11) is 1.74. The van der Waals surface area contributed by atoms with Crippen LogP contribution in [0.1, 0.15) is 173 Å². The molecule has 82 heavy (non-hydrogen) atoms. The van der Waals surface area contributed by atoms with Crippen molar-refractivity contribution in [3.05, 3.63) is 130 Å². The standard InChI is InChI=1S/C22H24F3NO3S.C8H5F3O.2C7H13NO.C7H8O2S.C7H12O2.CH3ClS/c1-15-10-12-19(13-11-15)30(28,29)21(26-20(27)16-6-3-2-4-7-16)17-8-5-9-18(14-17)22(23,24)25;9-8(10,11)7-3-1-2-6(4-7)5-12;2*8-7(9)6-4-2-1-3-5-6;1-6-2-4-7(5-3-6)10(8)9;8-7(9)6-4-2-1-3-5-6;1-3-2/h5,8-14,16,21H,2-4,6-7H2,1H3,(H,26,27);1-5H;2*6H,1-5H2,(H2,8,9);2-5H,1H3,(H,8,9);6H,1-5H2,(H,8,9);1H3/i;;;;;;1T. The number of benzene rings is 4. The summed E-state index contributed by atoms with van der Waals surface area (Å²) in [6.45, 7) is 3.73. The molecule has 0 heterocycles. The van der Waals surface area contributed by atoms with E-state index in [4.69, 9.17) is 33.2 Å². The quantitative estimate of drug-likeness (QED) is 0.0568. The number of hydrogen-bond acceptors (Lipinski definition) is 9. The molecule has 0 saturated heterocycles. The Bertz CT molecular complexity index is 2650. The molecule has 8 rings (SSSR count). The fourth-order valence-electron chi connectivity index (χ4n) is 9.26. The van der Waals surface area contributed by atoms with Crippen LogP contribution in [0.4, 0.5) is 26.3 Å². The van der Waals surface area contributed by atoms with Crippen molar-refractivity contribution < 1.29 is 74.0 Å². The molecule has 0 aromatic heterocycles. The smallest absolute Gasteiger partial charge is 0.416 e. The number of amides is 3. The highest BCUT2D eigenvalue weighted by Crippen LogP contribution is 2.35. The van der Waals surface area contributed by atoms with Crippen molar-refractivity contribution in [2.24, 2.45) is 35.1 Å². The number of hydrogen-bond donors (Lipinski definition) is 5. The van der Waals surface area contributed by atoms with Crippen LogP contribution in [0, 0.1) is 37.5 Å². The molecule has 4 aliphatic rings. The molecule has 4 aromatic carbocycles. The number of nitrogens with one attached hydrogen (secondary N) is 1. The average Bonchev–Trinajstić information content (AvgIpc) is 3.49. The Kier molecular flexibility index (Phi) is 32.7. The maximum atomic E-state index is 13.3. The van der Waals surface area contributed by atoms with E-state index in [1.807, 2.05) is 19.1 Å². The van der Waals surface area contributed by atoms with Gasteiger partial charge in [0.25, 0.3) is 0 Å². The first-order valence-corrected chi connectivity index (χ1v) is 31.5. The zero-order valence-electron chi connectivity index (χ0n) is 47.2. The fourth-order valence-corrected chi connectivity index (χ4v) is 11.2. The number of primary amides is 2. The first-order chi connectivity index (χ1) is 39.1. The SMILES string of the molecule is Cc1ccc(S(=O)(=O)C(NC(=O)C2CCCCC2)c2cccc(C(F)(F)F)c2)cc1.Cc1ccc(S(=O)O)cc1.NC(=O)C1CCCCC1.NC(=O)C1CCCCC1.O=C(O)C1CCCCC1.O=Cc1cccc(C(F)(F)F)c1.[3H]CSCl. The molecule has 7 N–H and O–H groups in total. The molecular weight excluding hydrogens is 1160 g/mol. The van der Waals surface area contributed by atoms with E-state index in [1.165, 1.54) is 75.3 Å². The monoisotopic (exact) mass is 1240 g/mol. The van der Waals surface area contributed by atoms with Gasteiger partial charge in [0.1, 0.15) is 6.29 Å². The molecule has 3 amide bonds. The van der Waals surface area contributed by atoms with Gasteiger partial charge in [-0.25, -0.2) is 12.6 Å². The van der Waals surface area contributed by atoms with Gasteiger partial charge in [0, 0.05) is 24.7 Å². The fraction of sp³-hybridized carbons (Fsp3) is 0.508. The number of aliphatic carboxylic acids is 1. The molecule has 456 valence electrons. The maximum absolute atomic E-state index is 13.3. The number of aryl methyl sites for hydroxylation is 2. The number of halogens is 7. The molecule has 4 aliphatic carbocycles. The van der Waals surface area contributed by atoms with Crippen molar-refractivity contribution >= 4 is 72.6 Å². The summed E-state index contributed by atoms with van der Waals surface area (Å²) in [5, 5.41) is 9.48. The topological polar surface area (TPSA) is 241 Å². The molecule has 2 unspecified atom stereocenters. The first kappa shape index (κ1) is 71.0. The van der Waals surface area contributed by atoms with Crippen LogP contribution in [0.25, 0.3) is 0 Å². The maximum Gasteiger partial charge on any atom is 0.416 e. The Morgan fingerprint density at radius 2 is 1.02 bits per heavy atom. The second-order valence-electron chi connectivity index (χ2n) is 20.3. The minimum absolute atomic E-state index is 0.0289. The van der Waals surface area contributed by atoms with Gasteiger partial charge in [0.2, 0.25) is 27.6 Å².